The fraction of sp³-hybridized carbons (Fsp3) is 0.286. The van der Waals surface area contributed by atoms with Gasteiger partial charge < -0.3 is 20.7 Å². The Bertz CT molecular complexity index is 588. The highest BCUT2D eigenvalue weighted by Crippen LogP contribution is 2.19. The third kappa shape index (κ3) is 3.28. The van der Waals surface area contributed by atoms with Crippen LogP contribution >= 0.6 is 0 Å². The Morgan fingerprint density at radius 2 is 2.10 bits per heavy atom. The van der Waals surface area contributed by atoms with Crippen molar-refractivity contribution in [2.24, 2.45) is 0 Å². The average Bonchev–Trinajstić information content (AvgIpc) is 2.46. The first-order chi connectivity index (χ1) is 9.62. The minimum atomic E-state index is 0.254. The summed E-state index contributed by atoms with van der Waals surface area (Å²) in [5.41, 5.74) is 6.84. The van der Waals surface area contributed by atoms with Gasteiger partial charge in [-0.3, -0.25) is 0 Å². The highest BCUT2D eigenvalue weighted by atomic mass is 16.5. The van der Waals surface area contributed by atoms with Gasteiger partial charge in [-0.25, -0.2) is 0 Å². The predicted octanol–water partition coefficient (Wildman–Crippen LogP) is 1.75. The van der Waals surface area contributed by atoms with Crippen molar-refractivity contribution in [3.63, 3.8) is 0 Å². The SMILES string of the molecule is CNc1cc(N(C)Cc2cccc(OC)c2)nc(N)n1. The quantitative estimate of drug-likeness (QED) is 0.864. The number of rotatable bonds is 5. The van der Waals surface area contributed by atoms with Crippen LogP contribution in [0.1, 0.15) is 5.56 Å². The molecule has 0 fully saturated rings. The van der Waals surface area contributed by atoms with Gasteiger partial charge in [0.2, 0.25) is 5.95 Å². The van der Waals surface area contributed by atoms with Gasteiger partial charge in [0.1, 0.15) is 17.4 Å². The van der Waals surface area contributed by atoms with Crippen molar-refractivity contribution in [2.45, 2.75) is 6.54 Å². The van der Waals surface area contributed by atoms with Crippen LogP contribution in [0.5, 0.6) is 5.75 Å². The maximum atomic E-state index is 5.70. The standard InChI is InChI=1S/C14H19N5O/c1-16-12-8-13(18-14(15)17-12)19(2)9-10-5-4-6-11(7-10)20-3/h4-8H,9H2,1-3H3,(H3,15,16,17,18). The molecule has 106 valence electrons. The van der Waals surface area contributed by atoms with Crippen molar-refractivity contribution in [3.8, 4) is 5.75 Å². The second-order valence-electron chi connectivity index (χ2n) is 4.43. The molecular formula is C14H19N5O. The van der Waals surface area contributed by atoms with E-state index in [4.69, 9.17) is 10.5 Å². The van der Waals surface area contributed by atoms with E-state index < -0.39 is 0 Å². The number of methoxy groups -OCH3 is 1. The van der Waals surface area contributed by atoms with E-state index in [-0.39, 0.29) is 5.95 Å². The molecule has 0 unspecified atom stereocenters. The number of nitrogens with zero attached hydrogens (tertiary/aromatic N) is 3. The van der Waals surface area contributed by atoms with Crippen molar-refractivity contribution in [2.75, 3.05) is 37.2 Å². The third-order valence-corrected chi connectivity index (χ3v) is 2.93. The van der Waals surface area contributed by atoms with Gasteiger partial charge in [-0.15, -0.1) is 0 Å². The van der Waals surface area contributed by atoms with Gasteiger partial charge in [0.05, 0.1) is 7.11 Å². The van der Waals surface area contributed by atoms with Gasteiger partial charge in [0, 0.05) is 26.7 Å². The lowest BCUT2D eigenvalue weighted by Crippen LogP contribution is -2.19. The summed E-state index contributed by atoms with van der Waals surface area (Å²) in [5.74, 6) is 2.56. The number of nitrogen functional groups attached to an aromatic ring is 1. The van der Waals surface area contributed by atoms with E-state index in [0.29, 0.717) is 12.4 Å². The highest BCUT2D eigenvalue weighted by Gasteiger charge is 2.07. The van der Waals surface area contributed by atoms with E-state index in [1.54, 1.807) is 14.2 Å². The van der Waals surface area contributed by atoms with Gasteiger partial charge in [-0.05, 0) is 17.7 Å². The molecule has 1 heterocycles. The molecule has 1 aromatic heterocycles. The first-order valence-corrected chi connectivity index (χ1v) is 6.28. The zero-order chi connectivity index (χ0) is 14.5. The van der Waals surface area contributed by atoms with Crippen LogP contribution in [-0.4, -0.2) is 31.2 Å². The third-order valence-electron chi connectivity index (χ3n) is 2.93. The van der Waals surface area contributed by atoms with Crippen LogP contribution in [0.4, 0.5) is 17.6 Å². The second kappa shape index (κ2) is 6.10. The molecule has 0 saturated heterocycles. The van der Waals surface area contributed by atoms with Crippen LogP contribution in [-0.2, 0) is 6.54 Å². The van der Waals surface area contributed by atoms with E-state index in [9.17, 15) is 0 Å². The van der Waals surface area contributed by atoms with E-state index in [0.717, 1.165) is 17.1 Å². The summed E-state index contributed by atoms with van der Waals surface area (Å²) in [7, 11) is 5.42. The first-order valence-electron chi connectivity index (χ1n) is 6.28. The maximum absolute atomic E-state index is 5.70. The smallest absolute Gasteiger partial charge is 0.223 e. The molecular weight excluding hydrogens is 254 g/mol. The Morgan fingerprint density at radius 1 is 1.30 bits per heavy atom. The summed E-state index contributed by atoms with van der Waals surface area (Å²) in [6.45, 7) is 0.705. The van der Waals surface area contributed by atoms with Crippen molar-refractivity contribution in [3.05, 3.63) is 35.9 Å². The van der Waals surface area contributed by atoms with Gasteiger partial charge in [0.15, 0.2) is 0 Å². The molecule has 20 heavy (non-hydrogen) atoms. The number of ether oxygens (including phenoxy) is 1. The monoisotopic (exact) mass is 273 g/mol. The number of anilines is 3. The summed E-state index contributed by atoms with van der Waals surface area (Å²) in [5, 5.41) is 2.97. The van der Waals surface area contributed by atoms with Crippen LogP contribution in [0.25, 0.3) is 0 Å². The molecule has 0 radical (unpaired) electrons. The molecule has 0 aliphatic rings. The Labute approximate surface area is 118 Å². The Hall–Kier alpha value is -2.50. The number of hydrogen-bond donors (Lipinski definition) is 2. The lowest BCUT2D eigenvalue weighted by Gasteiger charge is -2.19. The number of nitrogens with two attached hydrogens (primary N) is 1. The van der Waals surface area contributed by atoms with Gasteiger partial charge in [0.25, 0.3) is 0 Å². The largest absolute Gasteiger partial charge is 0.497 e. The highest BCUT2D eigenvalue weighted by molar-refractivity contribution is 5.52. The molecule has 6 heteroatoms. The Kier molecular flexibility index (Phi) is 4.24. The summed E-state index contributed by atoms with van der Waals surface area (Å²) in [6.07, 6.45) is 0. The molecule has 0 aliphatic carbocycles. The van der Waals surface area contributed by atoms with E-state index in [1.165, 1.54) is 0 Å². The molecule has 0 saturated carbocycles. The summed E-state index contributed by atoms with van der Waals surface area (Å²) >= 11 is 0. The summed E-state index contributed by atoms with van der Waals surface area (Å²) in [4.78, 5) is 10.3. The zero-order valence-corrected chi connectivity index (χ0v) is 11.9. The number of benzene rings is 1. The lowest BCUT2D eigenvalue weighted by atomic mass is 10.2. The van der Waals surface area contributed by atoms with E-state index >= 15 is 0 Å². The van der Waals surface area contributed by atoms with Gasteiger partial charge in [-0.2, -0.15) is 9.97 Å². The van der Waals surface area contributed by atoms with Gasteiger partial charge >= 0.3 is 0 Å². The minimum absolute atomic E-state index is 0.254. The van der Waals surface area contributed by atoms with Crippen molar-refractivity contribution in [1.82, 2.24) is 9.97 Å². The van der Waals surface area contributed by atoms with Crippen LogP contribution in [0.15, 0.2) is 30.3 Å². The van der Waals surface area contributed by atoms with Crippen LogP contribution in [0.3, 0.4) is 0 Å². The average molecular weight is 273 g/mol. The topological polar surface area (TPSA) is 76.3 Å². The number of nitrogens with one attached hydrogen (secondary N) is 1. The molecule has 3 N–H and O–H groups in total. The van der Waals surface area contributed by atoms with Gasteiger partial charge in [-0.1, -0.05) is 12.1 Å². The molecule has 0 spiro atoms. The molecule has 0 atom stereocenters. The Morgan fingerprint density at radius 3 is 2.80 bits per heavy atom. The molecule has 6 nitrogen and oxygen atoms in total. The molecule has 0 aliphatic heterocycles. The molecule has 0 amide bonds. The molecule has 0 bridgehead atoms. The normalized spacial score (nSPS) is 10.2. The van der Waals surface area contributed by atoms with E-state index in [2.05, 4.69) is 15.3 Å². The lowest BCUT2D eigenvalue weighted by molar-refractivity contribution is 0.414. The first kappa shape index (κ1) is 13.9. The molecule has 1 aromatic carbocycles. The second-order valence-corrected chi connectivity index (χ2v) is 4.43. The van der Waals surface area contributed by atoms with Crippen LogP contribution in [0, 0.1) is 0 Å². The zero-order valence-electron chi connectivity index (χ0n) is 11.9. The molecule has 2 aromatic rings. The number of hydrogen-bond acceptors (Lipinski definition) is 6. The fourth-order valence-electron chi connectivity index (χ4n) is 1.90. The predicted molar refractivity (Wildman–Crippen MR) is 81.1 cm³/mol. The molecule has 2 rings (SSSR count). The van der Waals surface area contributed by atoms with Crippen LogP contribution < -0.4 is 20.7 Å². The van der Waals surface area contributed by atoms with Crippen molar-refractivity contribution >= 4 is 17.6 Å². The summed E-state index contributed by atoms with van der Waals surface area (Å²) < 4.78 is 5.22. The number of aromatic nitrogens is 2. The van der Waals surface area contributed by atoms with E-state index in [1.807, 2.05) is 42.3 Å². The minimum Gasteiger partial charge on any atom is -0.497 e. The van der Waals surface area contributed by atoms with Crippen LogP contribution in [0.2, 0.25) is 0 Å². The maximum Gasteiger partial charge on any atom is 0.223 e. The Balaban J connectivity index is 2.18. The van der Waals surface area contributed by atoms with Crippen molar-refractivity contribution in [1.29, 1.82) is 0 Å². The summed E-state index contributed by atoms with van der Waals surface area (Å²) in [6, 6.07) is 9.79. The fourth-order valence-corrected chi connectivity index (χ4v) is 1.90. The van der Waals surface area contributed by atoms with Crippen molar-refractivity contribution < 1.29 is 4.74 Å².